The first-order valence-corrected chi connectivity index (χ1v) is 7.32. The largest absolute Gasteiger partial charge is 0.394 e. The van der Waals surface area contributed by atoms with Gasteiger partial charge in [0.15, 0.2) is 6.29 Å². The third-order valence-corrected chi connectivity index (χ3v) is 3.18. The Balaban J connectivity index is 1.88. The second kappa shape index (κ2) is 10.7. The predicted molar refractivity (Wildman–Crippen MR) is 70.5 cm³/mol. The number of hydrogen-bond acceptors (Lipinski definition) is 4. The van der Waals surface area contributed by atoms with Crippen LogP contribution in [-0.2, 0) is 14.2 Å². The summed E-state index contributed by atoms with van der Waals surface area (Å²) in [5, 5.41) is 9.01. The molecule has 1 rings (SSSR count). The molecule has 1 fully saturated rings. The van der Waals surface area contributed by atoms with E-state index in [2.05, 4.69) is 6.92 Å². The van der Waals surface area contributed by atoms with Crippen molar-refractivity contribution in [1.29, 1.82) is 0 Å². The van der Waals surface area contributed by atoms with E-state index in [4.69, 9.17) is 19.3 Å². The molecule has 0 amide bonds. The molecule has 0 aliphatic carbocycles. The van der Waals surface area contributed by atoms with Crippen LogP contribution < -0.4 is 0 Å². The third kappa shape index (κ3) is 7.31. The molecule has 1 N–H and O–H groups in total. The molecule has 1 aliphatic rings. The standard InChI is InChI=1S/C14H28O4/c1-2-3-4-5-6-9-16-10-8-14-17-11-7-13(12-15)18-14/h13-15H,2-12H2,1H3/t13-,14-/m0/s1. The van der Waals surface area contributed by atoms with Crippen LogP contribution in [-0.4, -0.2) is 43.9 Å². The fourth-order valence-electron chi connectivity index (χ4n) is 2.03. The summed E-state index contributed by atoms with van der Waals surface area (Å²) < 4.78 is 16.6. The van der Waals surface area contributed by atoms with Gasteiger partial charge < -0.3 is 19.3 Å². The Morgan fingerprint density at radius 2 is 2.00 bits per heavy atom. The SMILES string of the molecule is CCCCCCCOCC[C@H]1OCC[C@@H](CO)O1. The number of rotatable bonds is 10. The number of unbranched alkanes of at least 4 members (excludes halogenated alkanes) is 4. The van der Waals surface area contributed by atoms with Crippen molar-refractivity contribution in [1.82, 2.24) is 0 Å². The van der Waals surface area contributed by atoms with Crippen LogP contribution in [0, 0.1) is 0 Å². The van der Waals surface area contributed by atoms with Crippen molar-refractivity contribution in [2.75, 3.05) is 26.4 Å². The molecule has 0 aromatic rings. The average Bonchev–Trinajstić information content (AvgIpc) is 2.42. The molecule has 0 bridgehead atoms. The number of ether oxygens (including phenoxy) is 3. The van der Waals surface area contributed by atoms with Crippen LogP contribution in [0.5, 0.6) is 0 Å². The van der Waals surface area contributed by atoms with Crippen LogP contribution in [0.3, 0.4) is 0 Å². The third-order valence-electron chi connectivity index (χ3n) is 3.18. The zero-order valence-electron chi connectivity index (χ0n) is 11.6. The summed E-state index contributed by atoms with van der Waals surface area (Å²) in [6.07, 6.45) is 7.61. The fourth-order valence-corrected chi connectivity index (χ4v) is 2.03. The zero-order valence-corrected chi connectivity index (χ0v) is 11.6. The van der Waals surface area contributed by atoms with Crippen molar-refractivity contribution in [3.8, 4) is 0 Å². The van der Waals surface area contributed by atoms with Crippen molar-refractivity contribution in [3.63, 3.8) is 0 Å². The van der Waals surface area contributed by atoms with Gasteiger partial charge in [-0.2, -0.15) is 0 Å². The molecule has 0 aromatic carbocycles. The molecule has 4 nitrogen and oxygen atoms in total. The molecule has 0 radical (unpaired) electrons. The van der Waals surface area contributed by atoms with E-state index in [1.54, 1.807) is 0 Å². The molecule has 2 atom stereocenters. The highest BCUT2D eigenvalue weighted by Gasteiger charge is 2.21. The van der Waals surface area contributed by atoms with Crippen LogP contribution in [0.1, 0.15) is 51.9 Å². The Bertz CT molecular complexity index is 187. The van der Waals surface area contributed by atoms with Gasteiger partial charge in [0.2, 0.25) is 0 Å². The van der Waals surface area contributed by atoms with E-state index in [9.17, 15) is 0 Å². The summed E-state index contributed by atoms with van der Waals surface area (Å²) in [5.41, 5.74) is 0. The minimum Gasteiger partial charge on any atom is -0.394 e. The first-order chi connectivity index (χ1) is 8.86. The lowest BCUT2D eigenvalue weighted by atomic mass is 10.2. The van der Waals surface area contributed by atoms with E-state index in [-0.39, 0.29) is 19.0 Å². The van der Waals surface area contributed by atoms with Gasteiger partial charge >= 0.3 is 0 Å². The molecule has 1 aliphatic heterocycles. The lowest BCUT2D eigenvalue weighted by molar-refractivity contribution is -0.225. The van der Waals surface area contributed by atoms with Gasteiger partial charge in [0.1, 0.15) is 0 Å². The van der Waals surface area contributed by atoms with E-state index >= 15 is 0 Å². The average molecular weight is 260 g/mol. The highest BCUT2D eigenvalue weighted by Crippen LogP contribution is 2.14. The quantitative estimate of drug-likeness (QED) is 0.613. The van der Waals surface area contributed by atoms with Gasteiger partial charge in [0, 0.05) is 13.0 Å². The highest BCUT2D eigenvalue weighted by molar-refractivity contribution is 4.62. The van der Waals surface area contributed by atoms with E-state index in [1.165, 1.54) is 25.7 Å². The minimum atomic E-state index is -0.198. The zero-order chi connectivity index (χ0) is 13.1. The Hall–Kier alpha value is -0.160. The smallest absolute Gasteiger partial charge is 0.160 e. The molecule has 4 heteroatoms. The van der Waals surface area contributed by atoms with E-state index in [1.807, 2.05) is 0 Å². The molecule has 0 unspecified atom stereocenters. The molecule has 108 valence electrons. The van der Waals surface area contributed by atoms with Crippen LogP contribution in [0.25, 0.3) is 0 Å². The van der Waals surface area contributed by atoms with Crippen molar-refractivity contribution in [3.05, 3.63) is 0 Å². The first-order valence-electron chi connectivity index (χ1n) is 7.32. The van der Waals surface area contributed by atoms with Gasteiger partial charge in [-0.1, -0.05) is 32.6 Å². The van der Waals surface area contributed by atoms with Crippen molar-refractivity contribution >= 4 is 0 Å². The van der Waals surface area contributed by atoms with Crippen LogP contribution in [0.15, 0.2) is 0 Å². The van der Waals surface area contributed by atoms with Gasteiger partial charge in [-0.25, -0.2) is 0 Å². The maximum absolute atomic E-state index is 9.01. The summed E-state index contributed by atoms with van der Waals surface area (Å²) in [6.45, 7) is 4.49. The first kappa shape index (κ1) is 15.9. The Labute approximate surface area is 111 Å². The van der Waals surface area contributed by atoms with Crippen molar-refractivity contribution < 1.29 is 19.3 Å². The molecule has 0 aromatic heterocycles. The lowest BCUT2D eigenvalue weighted by Gasteiger charge is -2.29. The second-order valence-electron chi connectivity index (χ2n) is 4.84. The normalized spacial score (nSPS) is 24.3. The van der Waals surface area contributed by atoms with Crippen molar-refractivity contribution in [2.24, 2.45) is 0 Å². The summed E-state index contributed by atoms with van der Waals surface area (Å²) in [7, 11) is 0. The molecular weight excluding hydrogens is 232 g/mol. The Morgan fingerprint density at radius 3 is 2.78 bits per heavy atom. The molecule has 0 spiro atoms. The van der Waals surface area contributed by atoms with Crippen molar-refractivity contribution in [2.45, 2.75) is 64.3 Å². The highest BCUT2D eigenvalue weighted by atomic mass is 16.7. The molecule has 1 heterocycles. The monoisotopic (exact) mass is 260 g/mol. The van der Waals surface area contributed by atoms with E-state index < -0.39 is 0 Å². The van der Waals surface area contributed by atoms with Gasteiger partial charge in [0.25, 0.3) is 0 Å². The van der Waals surface area contributed by atoms with Crippen LogP contribution in [0.4, 0.5) is 0 Å². The predicted octanol–water partition coefficient (Wildman–Crippen LogP) is 2.49. The molecule has 18 heavy (non-hydrogen) atoms. The summed E-state index contributed by atoms with van der Waals surface area (Å²) in [4.78, 5) is 0. The second-order valence-corrected chi connectivity index (χ2v) is 4.84. The van der Waals surface area contributed by atoms with Gasteiger partial charge in [-0.05, 0) is 12.8 Å². The maximum Gasteiger partial charge on any atom is 0.160 e. The number of aliphatic hydroxyl groups excluding tert-OH is 1. The Kier molecular flexibility index (Phi) is 9.48. The number of hydrogen-bond donors (Lipinski definition) is 1. The summed E-state index contributed by atoms with van der Waals surface area (Å²) in [5.74, 6) is 0. The van der Waals surface area contributed by atoms with Crippen LogP contribution in [0.2, 0.25) is 0 Å². The number of aliphatic hydroxyl groups is 1. The molecule has 0 saturated carbocycles. The summed E-state index contributed by atoms with van der Waals surface area (Å²) >= 11 is 0. The topological polar surface area (TPSA) is 47.9 Å². The van der Waals surface area contributed by atoms with E-state index in [0.717, 1.165) is 25.9 Å². The lowest BCUT2D eigenvalue weighted by Crippen LogP contribution is -2.35. The van der Waals surface area contributed by atoms with Gasteiger partial charge in [-0.3, -0.25) is 0 Å². The van der Waals surface area contributed by atoms with Crippen LogP contribution >= 0.6 is 0 Å². The van der Waals surface area contributed by atoms with E-state index in [0.29, 0.717) is 13.2 Å². The van der Waals surface area contributed by atoms with Gasteiger partial charge in [-0.15, -0.1) is 0 Å². The Morgan fingerprint density at radius 1 is 1.17 bits per heavy atom. The maximum atomic E-state index is 9.01. The fraction of sp³-hybridized carbons (Fsp3) is 1.00. The minimum absolute atomic E-state index is 0.0576. The molecular formula is C14H28O4. The molecule has 1 saturated heterocycles. The van der Waals surface area contributed by atoms with Gasteiger partial charge in [0.05, 0.1) is 25.9 Å². The summed E-state index contributed by atoms with van der Waals surface area (Å²) in [6, 6.07) is 0.